The van der Waals surface area contributed by atoms with Crippen molar-refractivity contribution in [3.63, 3.8) is 0 Å². The molecule has 0 atom stereocenters. The largest absolute Gasteiger partial charge is 0.504 e. The molecule has 0 aromatic heterocycles. The molecule has 2 rings (SSSR count). The molecule has 0 saturated carbocycles. The van der Waals surface area contributed by atoms with E-state index in [1.54, 1.807) is 19.3 Å². The number of nitrogens with one attached hydrogen (secondary N) is 1. The average Bonchev–Trinajstić information content (AvgIpc) is 2.55. The SMILES string of the molecule is CO/C=C\c1cc(C)c(C(C)=O)cc1NC(=O)Cc1ccccc1. The van der Waals surface area contributed by atoms with Gasteiger partial charge in [0.1, 0.15) is 0 Å². The van der Waals surface area contributed by atoms with Crippen LogP contribution in [0, 0.1) is 6.92 Å². The number of hydrogen-bond acceptors (Lipinski definition) is 3. The summed E-state index contributed by atoms with van der Waals surface area (Å²) in [6.45, 7) is 3.39. The lowest BCUT2D eigenvalue weighted by Crippen LogP contribution is -2.16. The molecule has 4 heteroatoms. The predicted octanol–water partition coefficient (Wildman–Crippen LogP) is 4.00. The van der Waals surface area contributed by atoms with Crippen molar-refractivity contribution >= 4 is 23.5 Å². The Morgan fingerprint density at radius 2 is 1.88 bits per heavy atom. The van der Waals surface area contributed by atoms with Gasteiger partial charge in [0.2, 0.25) is 5.91 Å². The van der Waals surface area contributed by atoms with E-state index in [1.165, 1.54) is 13.2 Å². The molecule has 0 saturated heterocycles. The Balaban J connectivity index is 2.29. The number of ketones is 1. The van der Waals surface area contributed by atoms with Gasteiger partial charge in [0, 0.05) is 16.8 Å². The molecule has 0 aliphatic carbocycles. The minimum Gasteiger partial charge on any atom is -0.504 e. The van der Waals surface area contributed by atoms with Gasteiger partial charge in [-0.3, -0.25) is 9.59 Å². The van der Waals surface area contributed by atoms with Crippen LogP contribution in [-0.4, -0.2) is 18.8 Å². The van der Waals surface area contributed by atoms with E-state index < -0.39 is 0 Å². The molecule has 0 aliphatic rings. The number of hydrogen-bond donors (Lipinski definition) is 1. The van der Waals surface area contributed by atoms with Gasteiger partial charge >= 0.3 is 0 Å². The summed E-state index contributed by atoms with van der Waals surface area (Å²) in [6.07, 6.45) is 3.57. The van der Waals surface area contributed by atoms with Crippen molar-refractivity contribution in [2.75, 3.05) is 12.4 Å². The smallest absolute Gasteiger partial charge is 0.228 e. The Morgan fingerprint density at radius 1 is 1.17 bits per heavy atom. The summed E-state index contributed by atoms with van der Waals surface area (Å²) in [5.74, 6) is -0.167. The molecule has 0 spiro atoms. The molecule has 0 fully saturated rings. The molecule has 0 aliphatic heterocycles. The van der Waals surface area contributed by atoms with Crippen LogP contribution in [0.2, 0.25) is 0 Å². The first kappa shape index (κ1) is 17.5. The Bertz CT molecular complexity index is 764. The second-order valence-electron chi connectivity index (χ2n) is 5.56. The number of methoxy groups -OCH3 is 1. The number of benzene rings is 2. The predicted molar refractivity (Wildman–Crippen MR) is 96.0 cm³/mol. The Morgan fingerprint density at radius 3 is 2.50 bits per heavy atom. The van der Waals surface area contributed by atoms with E-state index in [-0.39, 0.29) is 18.1 Å². The summed E-state index contributed by atoms with van der Waals surface area (Å²) < 4.78 is 4.96. The molecular weight excluding hydrogens is 302 g/mol. The third-order valence-corrected chi connectivity index (χ3v) is 3.64. The van der Waals surface area contributed by atoms with Gasteiger partial charge < -0.3 is 10.1 Å². The zero-order chi connectivity index (χ0) is 17.5. The van der Waals surface area contributed by atoms with Crippen LogP contribution in [0.5, 0.6) is 0 Å². The number of carbonyl (C=O) groups is 2. The van der Waals surface area contributed by atoms with Crippen LogP contribution in [0.15, 0.2) is 48.7 Å². The second-order valence-corrected chi connectivity index (χ2v) is 5.56. The van der Waals surface area contributed by atoms with E-state index in [9.17, 15) is 9.59 Å². The van der Waals surface area contributed by atoms with E-state index in [0.29, 0.717) is 11.3 Å². The number of rotatable bonds is 6. The maximum absolute atomic E-state index is 12.3. The third-order valence-electron chi connectivity index (χ3n) is 3.64. The molecule has 24 heavy (non-hydrogen) atoms. The van der Waals surface area contributed by atoms with Gasteiger partial charge in [0.05, 0.1) is 19.8 Å². The minimum absolute atomic E-state index is 0.0340. The van der Waals surface area contributed by atoms with Crippen LogP contribution in [0.3, 0.4) is 0 Å². The molecule has 0 heterocycles. The molecule has 1 N–H and O–H groups in total. The van der Waals surface area contributed by atoms with Crippen molar-refractivity contribution in [2.45, 2.75) is 20.3 Å². The highest BCUT2D eigenvalue weighted by Crippen LogP contribution is 2.24. The Labute approximate surface area is 142 Å². The van der Waals surface area contributed by atoms with Crippen molar-refractivity contribution in [2.24, 2.45) is 0 Å². The first-order valence-corrected chi connectivity index (χ1v) is 7.70. The zero-order valence-electron chi connectivity index (χ0n) is 14.1. The minimum atomic E-state index is -0.133. The van der Waals surface area contributed by atoms with Crippen molar-refractivity contribution in [3.8, 4) is 0 Å². The lowest BCUT2D eigenvalue weighted by molar-refractivity contribution is -0.115. The monoisotopic (exact) mass is 323 g/mol. The quantitative estimate of drug-likeness (QED) is 0.646. The van der Waals surface area contributed by atoms with Crippen LogP contribution < -0.4 is 5.32 Å². The molecule has 4 nitrogen and oxygen atoms in total. The molecule has 2 aromatic rings. The van der Waals surface area contributed by atoms with Crippen LogP contribution >= 0.6 is 0 Å². The van der Waals surface area contributed by atoms with Crippen LogP contribution in [0.4, 0.5) is 5.69 Å². The Kier molecular flexibility index (Phi) is 5.90. The fraction of sp³-hybridized carbons (Fsp3) is 0.200. The van der Waals surface area contributed by atoms with Gasteiger partial charge in [-0.25, -0.2) is 0 Å². The summed E-state index contributed by atoms with van der Waals surface area (Å²) in [5.41, 5.74) is 3.78. The molecule has 1 amide bonds. The van der Waals surface area contributed by atoms with E-state index in [0.717, 1.165) is 16.7 Å². The summed E-state index contributed by atoms with van der Waals surface area (Å²) in [4.78, 5) is 24.1. The maximum atomic E-state index is 12.3. The summed E-state index contributed by atoms with van der Waals surface area (Å²) >= 11 is 0. The number of aryl methyl sites for hydroxylation is 1. The second kappa shape index (κ2) is 8.11. The van der Waals surface area contributed by atoms with Crippen molar-refractivity contribution < 1.29 is 14.3 Å². The van der Waals surface area contributed by atoms with Crippen molar-refractivity contribution in [1.29, 1.82) is 0 Å². The molecule has 0 radical (unpaired) electrons. The Hall–Kier alpha value is -2.88. The number of ether oxygens (including phenoxy) is 1. The van der Waals surface area contributed by atoms with Crippen molar-refractivity contribution in [1.82, 2.24) is 0 Å². The molecule has 124 valence electrons. The van der Waals surface area contributed by atoms with Gasteiger partial charge in [-0.1, -0.05) is 30.3 Å². The van der Waals surface area contributed by atoms with Gasteiger partial charge in [-0.2, -0.15) is 0 Å². The molecule has 2 aromatic carbocycles. The fourth-order valence-corrected chi connectivity index (χ4v) is 2.47. The molecule has 0 bridgehead atoms. The van der Waals surface area contributed by atoms with E-state index in [2.05, 4.69) is 5.32 Å². The normalized spacial score (nSPS) is 10.6. The van der Waals surface area contributed by atoms with Crippen molar-refractivity contribution in [3.05, 3.63) is 71.0 Å². The highest BCUT2D eigenvalue weighted by atomic mass is 16.5. The van der Waals surface area contributed by atoms with Gasteiger partial charge in [0.15, 0.2) is 5.78 Å². The van der Waals surface area contributed by atoms with Crippen LogP contribution in [0.1, 0.15) is 34.0 Å². The fourth-order valence-electron chi connectivity index (χ4n) is 2.47. The highest BCUT2D eigenvalue weighted by molar-refractivity contribution is 6.00. The molecular formula is C20H21NO3. The summed E-state index contributed by atoms with van der Waals surface area (Å²) in [7, 11) is 1.56. The van der Waals surface area contributed by atoms with E-state index in [4.69, 9.17) is 4.74 Å². The average molecular weight is 323 g/mol. The van der Waals surface area contributed by atoms with Gasteiger partial charge in [-0.15, -0.1) is 0 Å². The summed E-state index contributed by atoms with van der Waals surface area (Å²) in [6, 6.07) is 13.1. The number of carbonyl (C=O) groups excluding carboxylic acids is 2. The lowest BCUT2D eigenvalue weighted by atomic mass is 10.00. The third kappa shape index (κ3) is 4.56. The van der Waals surface area contributed by atoms with E-state index >= 15 is 0 Å². The molecule has 0 unspecified atom stereocenters. The number of amides is 1. The maximum Gasteiger partial charge on any atom is 0.228 e. The standard InChI is InChI=1S/C20H21NO3/c1-14-11-17(9-10-24-3)19(13-18(14)15(2)22)21-20(23)12-16-7-5-4-6-8-16/h4-11,13H,12H2,1-3H3,(H,21,23)/b10-9-. The summed E-state index contributed by atoms with van der Waals surface area (Å²) in [5, 5.41) is 2.89. The van der Waals surface area contributed by atoms with Gasteiger partial charge in [-0.05, 0) is 43.2 Å². The first-order valence-electron chi connectivity index (χ1n) is 7.70. The first-order chi connectivity index (χ1) is 11.5. The van der Waals surface area contributed by atoms with E-state index in [1.807, 2.05) is 43.3 Å². The topological polar surface area (TPSA) is 55.4 Å². The van der Waals surface area contributed by atoms with Gasteiger partial charge in [0.25, 0.3) is 0 Å². The number of Topliss-reactive ketones (excluding diaryl/α,β-unsaturated/α-hetero) is 1. The highest BCUT2D eigenvalue weighted by Gasteiger charge is 2.12. The zero-order valence-corrected chi connectivity index (χ0v) is 14.1. The van der Waals surface area contributed by atoms with Crippen LogP contribution in [-0.2, 0) is 16.0 Å². The lowest BCUT2D eigenvalue weighted by Gasteiger charge is -2.12. The van der Waals surface area contributed by atoms with Crippen LogP contribution in [0.25, 0.3) is 6.08 Å². The number of anilines is 1.